The number of nitrogens with one attached hydrogen (secondary N) is 2. The summed E-state index contributed by atoms with van der Waals surface area (Å²) in [6, 6.07) is 3.56. The molecule has 29 heavy (non-hydrogen) atoms. The lowest BCUT2D eigenvalue weighted by molar-refractivity contribution is -0.0505. The summed E-state index contributed by atoms with van der Waals surface area (Å²) in [5.74, 6) is 2.22. The van der Waals surface area contributed by atoms with Crippen molar-refractivity contribution in [3.63, 3.8) is 0 Å². The van der Waals surface area contributed by atoms with Crippen molar-refractivity contribution in [2.45, 2.75) is 45.9 Å². The van der Waals surface area contributed by atoms with Crippen LogP contribution >= 0.6 is 0 Å². The maximum atomic E-state index is 12.8. The van der Waals surface area contributed by atoms with Gasteiger partial charge in [-0.1, -0.05) is 13.8 Å². The van der Waals surface area contributed by atoms with Crippen LogP contribution in [0.15, 0.2) is 17.1 Å². The highest BCUT2D eigenvalue weighted by molar-refractivity contribution is 5.79. The third-order valence-corrected chi connectivity index (χ3v) is 5.05. The van der Waals surface area contributed by atoms with Gasteiger partial charge in [-0.2, -0.15) is 8.78 Å². The first-order chi connectivity index (χ1) is 14.0. The van der Waals surface area contributed by atoms with Gasteiger partial charge in [-0.05, 0) is 31.4 Å². The smallest absolute Gasteiger partial charge is 0.387 e. The second kappa shape index (κ2) is 9.96. The van der Waals surface area contributed by atoms with E-state index < -0.39 is 6.61 Å². The maximum absolute atomic E-state index is 12.8. The molecule has 1 fully saturated rings. The zero-order chi connectivity index (χ0) is 20.8. The molecule has 0 bridgehead atoms. The van der Waals surface area contributed by atoms with Crippen LogP contribution < -0.4 is 24.8 Å². The Morgan fingerprint density at radius 2 is 2.03 bits per heavy atom. The van der Waals surface area contributed by atoms with Crippen molar-refractivity contribution >= 4 is 5.96 Å². The first kappa shape index (κ1) is 21.4. The van der Waals surface area contributed by atoms with E-state index in [4.69, 9.17) is 9.47 Å². The number of benzene rings is 1. The van der Waals surface area contributed by atoms with Crippen molar-refractivity contribution in [1.29, 1.82) is 0 Å². The van der Waals surface area contributed by atoms with Crippen molar-refractivity contribution in [2.24, 2.45) is 10.9 Å². The third kappa shape index (κ3) is 5.85. The number of rotatable bonds is 8. The number of hydrogen-bond acceptors (Lipinski definition) is 5. The molecule has 0 aromatic heterocycles. The normalized spacial score (nSPS) is 19.3. The molecule has 2 aliphatic rings. The zero-order valence-corrected chi connectivity index (χ0v) is 17.2. The summed E-state index contributed by atoms with van der Waals surface area (Å²) < 4.78 is 40.8. The minimum atomic E-state index is -2.92. The fourth-order valence-electron chi connectivity index (χ4n) is 3.76. The number of likely N-dealkylation sites (tertiary alicyclic amines) is 1. The fraction of sp³-hybridized carbons (Fsp3) is 0.650. The number of halogens is 2. The number of fused-ring (bicyclic) bond motifs is 1. The van der Waals surface area contributed by atoms with E-state index in [1.54, 1.807) is 13.1 Å². The van der Waals surface area contributed by atoms with Crippen LogP contribution in [0.4, 0.5) is 8.78 Å². The van der Waals surface area contributed by atoms with Crippen molar-refractivity contribution in [1.82, 2.24) is 15.5 Å². The highest BCUT2D eigenvalue weighted by Gasteiger charge is 2.25. The molecular formula is C20H30F2N4O3. The molecule has 3 rings (SSSR count). The van der Waals surface area contributed by atoms with E-state index in [0.29, 0.717) is 35.0 Å². The van der Waals surface area contributed by atoms with E-state index in [1.165, 1.54) is 12.5 Å². The fourth-order valence-corrected chi connectivity index (χ4v) is 3.76. The van der Waals surface area contributed by atoms with Gasteiger partial charge < -0.3 is 24.8 Å². The summed E-state index contributed by atoms with van der Waals surface area (Å²) in [4.78, 5) is 6.76. The number of nitrogens with zero attached hydrogens (tertiary/aromatic N) is 2. The van der Waals surface area contributed by atoms with Gasteiger partial charge in [0.15, 0.2) is 17.5 Å². The predicted octanol–water partition coefficient (Wildman–Crippen LogP) is 2.80. The van der Waals surface area contributed by atoms with Gasteiger partial charge in [0.1, 0.15) is 5.75 Å². The molecule has 0 amide bonds. The van der Waals surface area contributed by atoms with Crippen molar-refractivity contribution in [3.05, 3.63) is 17.7 Å². The summed E-state index contributed by atoms with van der Waals surface area (Å²) in [6.07, 6.45) is 2.36. The van der Waals surface area contributed by atoms with E-state index in [2.05, 4.69) is 39.1 Å². The molecule has 0 unspecified atom stereocenters. The van der Waals surface area contributed by atoms with Crippen LogP contribution in [-0.4, -0.2) is 57.0 Å². The summed E-state index contributed by atoms with van der Waals surface area (Å²) >= 11 is 0. The van der Waals surface area contributed by atoms with E-state index in [9.17, 15) is 8.78 Å². The number of ether oxygens (including phenoxy) is 3. The van der Waals surface area contributed by atoms with Crippen LogP contribution in [0.3, 0.4) is 0 Å². The SMILES string of the molecule is CN=C(NCc1cc2c(cc1OC(F)F)OCO2)NC[C@H]1CCCN1CC(C)C. The summed E-state index contributed by atoms with van der Waals surface area (Å²) in [5.41, 5.74) is 0.541. The van der Waals surface area contributed by atoms with Gasteiger partial charge in [-0.25, -0.2) is 0 Å². The molecule has 2 N–H and O–H groups in total. The molecular weight excluding hydrogens is 382 g/mol. The average molecular weight is 412 g/mol. The summed E-state index contributed by atoms with van der Waals surface area (Å²) in [6.45, 7) is 4.87. The molecule has 7 nitrogen and oxygen atoms in total. The Bertz CT molecular complexity index is 715. The number of guanidine groups is 1. The monoisotopic (exact) mass is 412 g/mol. The lowest BCUT2D eigenvalue weighted by atomic mass is 10.1. The van der Waals surface area contributed by atoms with Crippen LogP contribution in [-0.2, 0) is 6.54 Å². The van der Waals surface area contributed by atoms with Crippen molar-refractivity contribution < 1.29 is 23.0 Å². The van der Waals surface area contributed by atoms with Gasteiger partial charge in [0.2, 0.25) is 6.79 Å². The van der Waals surface area contributed by atoms with Crippen molar-refractivity contribution in [3.8, 4) is 17.2 Å². The lowest BCUT2D eigenvalue weighted by Crippen LogP contribution is -2.45. The minimum absolute atomic E-state index is 0.0612. The Balaban J connectivity index is 1.58. The molecule has 0 aliphatic carbocycles. The Morgan fingerprint density at radius 1 is 1.28 bits per heavy atom. The van der Waals surface area contributed by atoms with Gasteiger partial charge in [-0.15, -0.1) is 0 Å². The molecule has 1 aromatic rings. The van der Waals surface area contributed by atoms with E-state index in [0.717, 1.165) is 26.1 Å². The summed E-state index contributed by atoms with van der Waals surface area (Å²) in [5, 5.41) is 6.52. The average Bonchev–Trinajstić information content (AvgIpc) is 3.29. The van der Waals surface area contributed by atoms with Crippen LogP contribution in [0.25, 0.3) is 0 Å². The Morgan fingerprint density at radius 3 is 2.72 bits per heavy atom. The van der Waals surface area contributed by atoms with E-state index >= 15 is 0 Å². The maximum Gasteiger partial charge on any atom is 0.387 e. The minimum Gasteiger partial charge on any atom is -0.454 e. The molecule has 162 valence electrons. The molecule has 2 aliphatic heterocycles. The van der Waals surface area contributed by atoms with E-state index in [-0.39, 0.29) is 19.1 Å². The quantitative estimate of drug-likeness (QED) is 0.506. The largest absolute Gasteiger partial charge is 0.454 e. The standard InChI is InChI=1S/C20H30F2N4O3/c1-13(2)11-26-6-4-5-15(26)10-25-20(23-3)24-9-14-7-17-18(28-12-27-17)8-16(14)29-19(21)22/h7-8,13,15,19H,4-6,9-12H2,1-3H3,(H2,23,24,25)/t15-/m1/s1. The molecule has 1 saturated heterocycles. The topological polar surface area (TPSA) is 67.4 Å². The number of aliphatic imine (C=N–C) groups is 1. The van der Waals surface area contributed by atoms with Gasteiger partial charge in [0.05, 0.1) is 0 Å². The van der Waals surface area contributed by atoms with Crippen LogP contribution in [0.1, 0.15) is 32.3 Å². The molecule has 0 spiro atoms. The van der Waals surface area contributed by atoms with Gasteiger partial charge in [0, 0.05) is 44.4 Å². The molecule has 9 heteroatoms. The Kier molecular flexibility index (Phi) is 7.35. The predicted molar refractivity (Wildman–Crippen MR) is 107 cm³/mol. The highest BCUT2D eigenvalue weighted by atomic mass is 19.3. The lowest BCUT2D eigenvalue weighted by Gasteiger charge is -2.27. The molecule has 2 heterocycles. The first-order valence-electron chi connectivity index (χ1n) is 10.0. The number of alkyl halides is 2. The van der Waals surface area contributed by atoms with Crippen LogP contribution in [0.5, 0.6) is 17.2 Å². The Hall–Kier alpha value is -2.29. The molecule has 0 saturated carbocycles. The molecule has 1 aromatic carbocycles. The van der Waals surface area contributed by atoms with E-state index in [1.807, 2.05) is 0 Å². The zero-order valence-electron chi connectivity index (χ0n) is 17.2. The molecule has 0 radical (unpaired) electrons. The Labute approximate surface area is 170 Å². The van der Waals surface area contributed by atoms with Crippen LogP contribution in [0, 0.1) is 5.92 Å². The second-order valence-electron chi connectivity index (χ2n) is 7.68. The van der Waals surface area contributed by atoms with Gasteiger partial charge >= 0.3 is 6.61 Å². The summed E-state index contributed by atoms with van der Waals surface area (Å²) in [7, 11) is 1.69. The third-order valence-electron chi connectivity index (χ3n) is 5.05. The second-order valence-corrected chi connectivity index (χ2v) is 7.68. The van der Waals surface area contributed by atoms with Crippen molar-refractivity contribution in [2.75, 3.05) is 33.5 Å². The van der Waals surface area contributed by atoms with Gasteiger partial charge in [0.25, 0.3) is 0 Å². The number of hydrogen-bond donors (Lipinski definition) is 2. The van der Waals surface area contributed by atoms with Crippen LogP contribution in [0.2, 0.25) is 0 Å². The first-order valence-corrected chi connectivity index (χ1v) is 10.0. The van der Waals surface area contributed by atoms with Gasteiger partial charge in [-0.3, -0.25) is 9.89 Å². The molecule has 1 atom stereocenters. The highest BCUT2D eigenvalue weighted by Crippen LogP contribution is 2.38.